The Labute approximate surface area is 206 Å². The lowest BCUT2D eigenvalue weighted by atomic mass is 10.1. The molecule has 2 heterocycles. The molecule has 1 fully saturated rings. The van der Waals surface area contributed by atoms with E-state index in [4.69, 9.17) is 18.9 Å². The van der Waals surface area contributed by atoms with Crippen molar-refractivity contribution < 1.29 is 28.1 Å². The molecule has 2 aliphatic heterocycles. The Bertz CT molecular complexity index is 1000. The predicted octanol–water partition coefficient (Wildman–Crippen LogP) is 3.69. The molecule has 35 heavy (non-hydrogen) atoms. The van der Waals surface area contributed by atoms with Crippen LogP contribution in [-0.4, -0.2) is 74.5 Å². The Hall–Kier alpha value is -2.84. The monoisotopic (exact) mass is 486 g/mol. The summed E-state index contributed by atoms with van der Waals surface area (Å²) in [5, 5.41) is 0. The lowest BCUT2D eigenvalue weighted by Crippen LogP contribution is -2.51. The number of methoxy groups -OCH3 is 1. The van der Waals surface area contributed by atoms with E-state index in [0.717, 1.165) is 23.4 Å². The SMILES string of the molecule is COc1ccccc1CN1CCOC(C(=O)N(Cc2ccc3c(c2)OCC(F)CO3)CC(C)C)C1. The van der Waals surface area contributed by atoms with Gasteiger partial charge in [0.15, 0.2) is 17.7 Å². The summed E-state index contributed by atoms with van der Waals surface area (Å²) in [7, 11) is 1.67. The van der Waals surface area contributed by atoms with Crippen LogP contribution in [0.3, 0.4) is 0 Å². The van der Waals surface area contributed by atoms with Crippen LogP contribution in [0.15, 0.2) is 42.5 Å². The summed E-state index contributed by atoms with van der Waals surface area (Å²) in [6.45, 7) is 7.60. The van der Waals surface area contributed by atoms with Crippen molar-refractivity contribution in [3.05, 3.63) is 53.6 Å². The highest BCUT2D eigenvalue weighted by molar-refractivity contribution is 5.81. The average molecular weight is 487 g/mol. The molecule has 0 bridgehead atoms. The number of amides is 1. The Kier molecular flexibility index (Phi) is 8.46. The maximum atomic E-state index is 13.7. The predicted molar refractivity (Wildman–Crippen MR) is 131 cm³/mol. The van der Waals surface area contributed by atoms with Crippen molar-refractivity contribution in [1.29, 1.82) is 0 Å². The third-order valence-electron chi connectivity index (χ3n) is 6.13. The number of nitrogens with zero attached hydrogens (tertiary/aromatic N) is 2. The zero-order valence-electron chi connectivity index (χ0n) is 20.7. The van der Waals surface area contributed by atoms with E-state index in [9.17, 15) is 9.18 Å². The van der Waals surface area contributed by atoms with Gasteiger partial charge in [0.1, 0.15) is 25.1 Å². The summed E-state index contributed by atoms with van der Waals surface area (Å²) >= 11 is 0. The van der Waals surface area contributed by atoms with Crippen LogP contribution in [0.4, 0.5) is 4.39 Å². The minimum Gasteiger partial charge on any atom is -0.496 e. The minimum atomic E-state index is -1.16. The molecule has 0 saturated carbocycles. The smallest absolute Gasteiger partial charge is 0.253 e. The molecule has 0 N–H and O–H groups in total. The largest absolute Gasteiger partial charge is 0.496 e. The highest BCUT2D eigenvalue weighted by atomic mass is 19.1. The molecule has 2 unspecified atom stereocenters. The van der Waals surface area contributed by atoms with Crippen molar-refractivity contribution in [2.24, 2.45) is 5.92 Å². The molecule has 2 aromatic carbocycles. The van der Waals surface area contributed by atoms with Crippen LogP contribution < -0.4 is 14.2 Å². The molecule has 190 valence electrons. The van der Waals surface area contributed by atoms with Crippen LogP contribution in [0.2, 0.25) is 0 Å². The first-order valence-corrected chi connectivity index (χ1v) is 12.2. The highest BCUT2D eigenvalue weighted by Gasteiger charge is 2.31. The molecule has 0 aliphatic carbocycles. The number of alkyl halides is 1. The number of hydrogen-bond acceptors (Lipinski definition) is 6. The van der Waals surface area contributed by atoms with Crippen molar-refractivity contribution in [3.8, 4) is 17.2 Å². The third kappa shape index (κ3) is 6.64. The number of hydrogen-bond donors (Lipinski definition) is 0. The van der Waals surface area contributed by atoms with Crippen molar-refractivity contribution >= 4 is 5.91 Å². The minimum absolute atomic E-state index is 0.0192. The van der Waals surface area contributed by atoms with E-state index in [-0.39, 0.29) is 19.1 Å². The Morgan fingerprint density at radius 1 is 1.17 bits per heavy atom. The summed E-state index contributed by atoms with van der Waals surface area (Å²) in [6, 6.07) is 13.5. The van der Waals surface area contributed by atoms with Gasteiger partial charge in [-0.1, -0.05) is 38.1 Å². The molecule has 4 rings (SSSR count). The second kappa shape index (κ2) is 11.7. The lowest BCUT2D eigenvalue weighted by Gasteiger charge is -2.35. The van der Waals surface area contributed by atoms with Gasteiger partial charge in [-0.3, -0.25) is 9.69 Å². The number of carbonyl (C=O) groups is 1. The first-order chi connectivity index (χ1) is 16.9. The Balaban J connectivity index is 1.45. The van der Waals surface area contributed by atoms with Crippen molar-refractivity contribution in [1.82, 2.24) is 9.80 Å². The van der Waals surface area contributed by atoms with E-state index in [0.29, 0.717) is 50.2 Å². The maximum Gasteiger partial charge on any atom is 0.253 e. The molecule has 0 aromatic heterocycles. The van der Waals surface area contributed by atoms with Crippen LogP contribution in [0, 0.1) is 5.92 Å². The molecule has 0 radical (unpaired) electrons. The third-order valence-corrected chi connectivity index (χ3v) is 6.13. The van der Waals surface area contributed by atoms with Crippen LogP contribution in [-0.2, 0) is 22.6 Å². The second-order valence-corrected chi connectivity index (χ2v) is 9.52. The van der Waals surface area contributed by atoms with Crippen LogP contribution >= 0.6 is 0 Å². The molecule has 0 spiro atoms. The van der Waals surface area contributed by atoms with Crippen molar-refractivity contribution in [2.75, 3.05) is 46.6 Å². The number of halogens is 1. The normalized spacial score (nSPS) is 20.4. The quantitative estimate of drug-likeness (QED) is 0.567. The lowest BCUT2D eigenvalue weighted by molar-refractivity contribution is -0.151. The van der Waals surface area contributed by atoms with E-state index in [1.165, 1.54) is 0 Å². The fourth-order valence-electron chi connectivity index (χ4n) is 4.46. The number of carbonyl (C=O) groups excluding carboxylic acids is 1. The number of benzene rings is 2. The molecule has 8 heteroatoms. The Morgan fingerprint density at radius 3 is 2.71 bits per heavy atom. The molecule has 2 aliphatic rings. The first-order valence-electron chi connectivity index (χ1n) is 12.2. The van der Waals surface area contributed by atoms with Gasteiger partial charge in [-0.25, -0.2) is 4.39 Å². The highest BCUT2D eigenvalue weighted by Crippen LogP contribution is 2.31. The topological polar surface area (TPSA) is 60.5 Å². The molecule has 1 amide bonds. The van der Waals surface area contributed by atoms with E-state index in [2.05, 4.69) is 18.7 Å². The number of para-hydroxylation sites is 1. The molecule has 7 nitrogen and oxygen atoms in total. The second-order valence-electron chi connectivity index (χ2n) is 9.52. The zero-order chi connectivity index (χ0) is 24.8. The van der Waals surface area contributed by atoms with E-state index < -0.39 is 12.3 Å². The Morgan fingerprint density at radius 2 is 1.94 bits per heavy atom. The van der Waals surface area contributed by atoms with Crippen LogP contribution in [0.1, 0.15) is 25.0 Å². The summed E-state index contributed by atoms with van der Waals surface area (Å²) < 4.78 is 36.2. The molecular weight excluding hydrogens is 451 g/mol. The molecule has 2 aromatic rings. The molecule has 1 saturated heterocycles. The van der Waals surface area contributed by atoms with Gasteiger partial charge >= 0.3 is 0 Å². The van der Waals surface area contributed by atoms with Gasteiger partial charge in [0, 0.05) is 38.3 Å². The van der Waals surface area contributed by atoms with Gasteiger partial charge in [-0.15, -0.1) is 0 Å². The van der Waals surface area contributed by atoms with Gasteiger partial charge in [-0.2, -0.15) is 0 Å². The van der Waals surface area contributed by atoms with Crippen LogP contribution in [0.5, 0.6) is 17.2 Å². The van der Waals surface area contributed by atoms with E-state index in [1.54, 1.807) is 13.2 Å². The number of rotatable bonds is 8. The van der Waals surface area contributed by atoms with Gasteiger partial charge in [-0.05, 0) is 29.7 Å². The summed E-state index contributed by atoms with van der Waals surface area (Å²) in [5.74, 6) is 2.14. The number of morpholine rings is 1. The van der Waals surface area contributed by atoms with Crippen LogP contribution in [0.25, 0.3) is 0 Å². The van der Waals surface area contributed by atoms with Gasteiger partial charge in [0.2, 0.25) is 0 Å². The van der Waals surface area contributed by atoms with Gasteiger partial charge in [0.05, 0.1) is 13.7 Å². The molecular formula is C27H35FN2O5. The average Bonchev–Trinajstić information content (AvgIpc) is 3.04. The zero-order valence-corrected chi connectivity index (χ0v) is 20.7. The van der Waals surface area contributed by atoms with E-state index in [1.807, 2.05) is 41.3 Å². The first kappa shape index (κ1) is 25.3. The van der Waals surface area contributed by atoms with Gasteiger partial charge in [0.25, 0.3) is 5.91 Å². The molecule has 2 atom stereocenters. The number of fused-ring (bicyclic) bond motifs is 1. The summed E-state index contributed by atoms with van der Waals surface area (Å²) in [5.41, 5.74) is 1.99. The number of ether oxygens (including phenoxy) is 4. The summed E-state index contributed by atoms with van der Waals surface area (Å²) in [6.07, 6.45) is -1.70. The van der Waals surface area contributed by atoms with E-state index >= 15 is 0 Å². The van der Waals surface area contributed by atoms with Gasteiger partial charge < -0.3 is 23.8 Å². The van der Waals surface area contributed by atoms with Crippen molar-refractivity contribution in [3.63, 3.8) is 0 Å². The van der Waals surface area contributed by atoms with Crippen molar-refractivity contribution in [2.45, 2.75) is 39.2 Å². The standard InChI is InChI=1S/C27H35FN2O5/c1-19(2)13-30(14-20-8-9-24-25(12-20)35-18-22(28)17-34-24)27(31)26-16-29(10-11-33-26)15-21-6-4-5-7-23(21)32-3/h4-9,12,19,22,26H,10-11,13-18H2,1-3H3. The fourth-order valence-corrected chi connectivity index (χ4v) is 4.46. The summed E-state index contributed by atoms with van der Waals surface area (Å²) in [4.78, 5) is 17.7. The fraction of sp³-hybridized carbons (Fsp3) is 0.519. The maximum absolute atomic E-state index is 13.7.